The van der Waals surface area contributed by atoms with Gasteiger partial charge in [0.25, 0.3) is 0 Å². The van der Waals surface area contributed by atoms with E-state index in [1.54, 1.807) is 13.3 Å². The fraction of sp³-hybridized carbons (Fsp3) is 1.00. The zero-order chi connectivity index (χ0) is 36.6. The maximum atomic E-state index is 13.7. The standard InChI is InChI=1S/C13H3F27O3Si/c1-44(41-11(35,36)5(20,21)2(14,15)8(26,27)28,42-12(37,38)6(22,23)3(16,17)9(29,30)31)43-13(39,40)7(24,25)4(18,19)10(32,33)34/h1H3. The molecule has 0 aliphatic carbocycles. The molecule has 0 aromatic heterocycles. The highest BCUT2D eigenvalue weighted by molar-refractivity contribution is 6.59. The van der Waals surface area contributed by atoms with E-state index in [4.69, 9.17) is 0 Å². The Labute approximate surface area is 221 Å². The fourth-order valence-electron chi connectivity index (χ4n) is 2.04. The molecule has 44 heavy (non-hydrogen) atoms. The summed E-state index contributed by atoms with van der Waals surface area (Å²) in [4.78, 5) is 0. The van der Waals surface area contributed by atoms with E-state index in [1.807, 2.05) is 0 Å². The van der Waals surface area contributed by atoms with E-state index in [0.717, 1.165) is 0 Å². The molecule has 0 bridgehead atoms. The first-order chi connectivity index (χ1) is 18.4. The highest BCUT2D eigenvalue weighted by Crippen LogP contribution is 2.59. The van der Waals surface area contributed by atoms with Gasteiger partial charge in [0, 0.05) is 6.55 Å². The molecule has 0 spiro atoms. The first-order valence-electron chi connectivity index (χ1n) is 9.08. The van der Waals surface area contributed by atoms with Gasteiger partial charge >= 0.3 is 81.2 Å². The van der Waals surface area contributed by atoms with Crippen LogP contribution in [0.3, 0.4) is 0 Å². The van der Waals surface area contributed by atoms with Gasteiger partial charge in [-0.1, -0.05) is 0 Å². The molecule has 0 fully saturated rings. The van der Waals surface area contributed by atoms with Crippen LogP contribution >= 0.6 is 0 Å². The van der Waals surface area contributed by atoms with Crippen molar-refractivity contribution in [3.63, 3.8) is 0 Å². The lowest BCUT2D eigenvalue weighted by molar-refractivity contribution is -0.461. The Balaban J connectivity index is 7.50. The smallest absolute Gasteiger partial charge is 0.308 e. The van der Waals surface area contributed by atoms with Gasteiger partial charge in [0.2, 0.25) is 0 Å². The largest absolute Gasteiger partial charge is 0.511 e. The van der Waals surface area contributed by atoms with Gasteiger partial charge in [0.15, 0.2) is 0 Å². The molecule has 0 amide bonds. The molecule has 0 heterocycles. The van der Waals surface area contributed by atoms with Crippen molar-refractivity contribution in [1.82, 2.24) is 0 Å². The van der Waals surface area contributed by atoms with Crippen molar-refractivity contribution in [3.05, 3.63) is 0 Å². The molecule has 0 atom stereocenters. The number of hydrogen-bond donors (Lipinski definition) is 0. The van der Waals surface area contributed by atoms with Crippen LogP contribution < -0.4 is 0 Å². The Morgan fingerprint density at radius 1 is 0.273 bits per heavy atom. The minimum atomic E-state index is -9.19. The molecule has 0 N–H and O–H groups in total. The van der Waals surface area contributed by atoms with Crippen LogP contribution in [-0.2, 0) is 13.3 Å². The molecule has 31 heteroatoms. The average Bonchev–Trinajstić information content (AvgIpc) is 2.68. The summed E-state index contributed by atoms with van der Waals surface area (Å²) >= 11 is 0. The van der Waals surface area contributed by atoms with Crippen LogP contribution in [0.25, 0.3) is 0 Å². The summed E-state index contributed by atoms with van der Waals surface area (Å²) in [5.74, 6) is -50.6. The van der Waals surface area contributed by atoms with Gasteiger partial charge in [0.1, 0.15) is 0 Å². The van der Waals surface area contributed by atoms with Crippen molar-refractivity contribution >= 4 is 8.80 Å². The van der Waals surface area contributed by atoms with E-state index in [2.05, 4.69) is 0 Å². The molecule has 266 valence electrons. The number of rotatable bonds is 12. The Kier molecular flexibility index (Phi) is 10.2. The second-order valence-electron chi connectivity index (χ2n) is 7.66. The third-order valence-electron chi connectivity index (χ3n) is 4.29. The molecule has 3 nitrogen and oxygen atoms in total. The van der Waals surface area contributed by atoms with E-state index in [1.165, 1.54) is 0 Å². The summed E-state index contributed by atoms with van der Waals surface area (Å²) in [6.07, 6.45) is -48.9. The van der Waals surface area contributed by atoms with Gasteiger partial charge in [0.05, 0.1) is 0 Å². The van der Waals surface area contributed by atoms with Crippen LogP contribution in [0.1, 0.15) is 0 Å². The van der Waals surface area contributed by atoms with Gasteiger partial charge in [-0.25, -0.2) is 0 Å². The van der Waals surface area contributed by atoms with Crippen LogP contribution in [0.5, 0.6) is 0 Å². The Morgan fingerprint density at radius 3 is 0.523 bits per heavy atom. The van der Waals surface area contributed by atoms with E-state index in [-0.39, 0.29) is 0 Å². The topological polar surface area (TPSA) is 27.7 Å². The molecule has 0 saturated heterocycles. The molecule has 0 aliphatic rings. The number of alkyl halides is 27. The van der Waals surface area contributed by atoms with Crippen molar-refractivity contribution in [2.45, 2.75) is 78.9 Å². The monoisotopic (exact) mass is 748 g/mol. The van der Waals surface area contributed by atoms with Gasteiger partial charge in [-0.15, -0.1) is 0 Å². The molecule has 0 rings (SSSR count). The van der Waals surface area contributed by atoms with E-state index >= 15 is 0 Å². The minimum Gasteiger partial charge on any atom is -0.308 e. The second-order valence-corrected chi connectivity index (χ2v) is 10.00. The summed E-state index contributed by atoms with van der Waals surface area (Å²) in [7, 11) is -9.19. The summed E-state index contributed by atoms with van der Waals surface area (Å²) in [6, 6.07) is 0. The van der Waals surface area contributed by atoms with Gasteiger partial charge in [-0.3, -0.25) is 0 Å². The maximum absolute atomic E-state index is 13.7. The lowest BCUT2D eigenvalue weighted by Gasteiger charge is -2.42. The molecule has 0 saturated carbocycles. The molecule has 0 unspecified atom stereocenters. The second kappa shape index (κ2) is 10.6. The molecule has 0 aromatic rings. The normalized spacial score (nSPS) is 16.9. The van der Waals surface area contributed by atoms with E-state index in [0.29, 0.717) is 0 Å². The summed E-state index contributed by atoms with van der Waals surface area (Å²) < 4.78 is 355. The molecule has 0 radical (unpaired) electrons. The van der Waals surface area contributed by atoms with Crippen molar-refractivity contribution in [1.29, 1.82) is 0 Å². The minimum absolute atomic E-state index is 1.78. The zero-order valence-electron chi connectivity index (χ0n) is 18.9. The van der Waals surface area contributed by atoms with E-state index < -0.39 is 87.7 Å². The maximum Gasteiger partial charge on any atom is 0.511 e. The molecular weight excluding hydrogens is 745 g/mol. The van der Waals surface area contributed by atoms with Crippen molar-refractivity contribution in [2.75, 3.05) is 0 Å². The molecular formula is C13H3F27O3Si. The predicted octanol–water partition coefficient (Wildman–Crippen LogP) is 8.88. The van der Waals surface area contributed by atoms with Gasteiger partial charge in [-0.05, 0) is 0 Å². The third kappa shape index (κ3) is 6.54. The lowest BCUT2D eigenvalue weighted by Crippen LogP contribution is -2.70. The van der Waals surface area contributed by atoms with E-state index in [9.17, 15) is 119 Å². The number of halogens is 27. The molecule has 0 aliphatic heterocycles. The predicted molar refractivity (Wildman–Crippen MR) is 77.6 cm³/mol. The Hall–Kier alpha value is -1.79. The fourth-order valence-corrected chi connectivity index (χ4v) is 3.94. The van der Waals surface area contributed by atoms with Crippen LogP contribution in [0, 0.1) is 0 Å². The van der Waals surface area contributed by atoms with Crippen LogP contribution in [0.15, 0.2) is 0 Å². The first-order valence-corrected chi connectivity index (χ1v) is 11.3. The Morgan fingerprint density at radius 2 is 0.409 bits per heavy atom. The lowest BCUT2D eigenvalue weighted by atomic mass is 10.1. The zero-order valence-corrected chi connectivity index (χ0v) is 19.9. The van der Waals surface area contributed by atoms with Crippen LogP contribution in [0.4, 0.5) is 119 Å². The molecule has 0 aromatic carbocycles. The van der Waals surface area contributed by atoms with Crippen LogP contribution in [0.2, 0.25) is 6.55 Å². The summed E-state index contributed by atoms with van der Waals surface area (Å²) in [5, 5.41) is 0. The average molecular weight is 748 g/mol. The highest BCUT2D eigenvalue weighted by atomic mass is 28.4. The number of hydrogen-bond acceptors (Lipinski definition) is 3. The summed E-state index contributed by atoms with van der Waals surface area (Å²) in [6.45, 7) is -1.85. The van der Waals surface area contributed by atoms with Crippen LogP contribution in [-0.4, -0.2) is 81.2 Å². The Bertz CT molecular complexity index is 893. The third-order valence-corrected chi connectivity index (χ3v) is 6.17. The van der Waals surface area contributed by atoms with Crippen molar-refractivity contribution in [2.24, 2.45) is 0 Å². The summed E-state index contributed by atoms with van der Waals surface area (Å²) in [5.41, 5.74) is 0. The van der Waals surface area contributed by atoms with Gasteiger partial charge in [-0.2, -0.15) is 119 Å². The quantitative estimate of drug-likeness (QED) is 0.148. The van der Waals surface area contributed by atoms with Crippen molar-refractivity contribution in [3.8, 4) is 0 Å². The highest BCUT2D eigenvalue weighted by Gasteiger charge is 2.88. The van der Waals surface area contributed by atoms with Gasteiger partial charge < -0.3 is 13.3 Å². The SMILES string of the molecule is C[Si](OC(F)(F)C(F)(F)C(F)(F)C(F)(F)F)(OC(F)(F)C(F)(F)C(F)(F)C(F)(F)F)OC(F)(F)C(F)(F)C(F)(F)C(F)(F)F. The van der Waals surface area contributed by atoms with Crippen molar-refractivity contribution < 1.29 is 132 Å². The first kappa shape index (κ1) is 42.2.